The van der Waals surface area contributed by atoms with E-state index in [9.17, 15) is 19.8 Å². The Bertz CT molecular complexity index is 2570. The Kier molecular flexibility index (Phi) is 12.1. The number of thioether (sulfide) groups is 1. The first-order valence-corrected chi connectivity index (χ1v) is 21.5. The molecule has 0 unspecified atom stereocenters. The van der Waals surface area contributed by atoms with Crippen LogP contribution in [-0.4, -0.2) is 28.7 Å². The smallest absolute Gasteiger partial charge is 0.303 e. The molecule has 2 N–H and O–H groups in total. The molecule has 0 amide bonds. The van der Waals surface area contributed by atoms with Crippen molar-refractivity contribution in [3.8, 4) is 22.3 Å². The molecule has 0 spiro atoms. The van der Waals surface area contributed by atoms with Crippen molar-refractivity contribution >= 4 is 62.6 Å². The van der Waals surface area contributed by atoms with Crippen molar-refractivity contribution < 1.29 is 24.4 Å². The van der Waals surface area contributed by atoms with Crippen LogP contribution in [0.3, 0.4) is 0 Å². The van der Waals surface area contributed by atoms with Gasteiger partial charge in [0.1, 0.15) is 4.70 Å². The number of nitrogens with zero attached hydrogens (tertiary/aromatic N) is 2. The summed E-state index contributed by atoms with van der Waals surface area (Å²) in [7, 11) is 0. The zero-order chi connectivity index (χ0) is 39.8. The van der Waals surface area contributed by atoms with E-state index in [1.807, 2.05) is 12.1 Å². The fourth-order valence-corrected chi connectivity index (χ4v) is 10.0. The van der Waals surface area contributed by atoms with Crippen LogP contribution in [0.2, 0.25) is 0 Å². The van der Waals surface area contributed by atoms with Gasteiger partial charge in [0, 0.05) is 36.4 Å². The second-order valence-electron chi connectivity index (χ2n) is 14.6. The Morgan fingerprint density at radius 3 is 2.00 bits per heavy atom. The van der Waals surface area contributed by atoms with Crippen molar-refractivity contribution in [3.63, 3.8) is 0 Å². The lowest BCUT2D eigenvalue weighted by Crippen LogP contribution is -2.35. The average Bonchev–Trinajstić information content (AvgIpc) is 3.78. The van der Waals surface area contributed by atoms with E-state index in [0.717, 1.165) is 62.8 Å². The van der Waals surface area contributed by atoms with Crippen LogP contribution in [0.25, 0.3) is 44.1 Å². The molecule has 1 aromatic heterocycles. The van der Waals surface area contributed by atoms with Crippen molar-refractivity contribution in [2.75, 3.05) is 11.4 Å². The van der Waals surface area contributed by atoms with Crippen LogP contribution in [0.4, 0.5) is 5.69 Å². The normalized spacial score (nSPS) is 15.6. The number of hydrogen-bond donors (Lipinski definition) is 2. The molecule has 6 nitrogen and oxygen atoms in total. The SMILES string of the molecule is O=C(O)CCCN1C(=CC=C2CCCC(C=Cc3sc4ccc(-c5ccccc5)cc4[n+]3CCCC(=O)O)=C2c2ccccc2)Sc2ccc(-c3ccccc3)cc21. The minimum Gasteiger partial charge on any atom is -0.481 e. The number of fused-ring (bicyclic) bond motifs is 2. The molecule has 8 rings (SSSR count). The van der Waals surface area contributed by atoms with Crippen molar-refractivity contribution in [2.24, 2.45) is 0 Å². The second kappa shape index (κ2) is 18.1. The number of allylic oxidation sites excluding steroid dienone is 6. The number of carboxylic acid groups (broad SMARTS) is 2. The van der Waals surface area contributed by atoms with Gasteiger partial charge in [0.15, 0.2) is 6.54 Å². The number of carboxylic acids is 2. The number of aromatic nitrogens is 1. The minimum absolute atomic E-state index is 0.118. The summed E-state index contributed by atoms with van der Waals surface area (Å²) >= 11 is 3.48. The molecule has 1 aliphatic carbocycles. The lowest BCUT2D eigenvalue weighted by molar-refractivity contribution is -0.669. The molecule has 0 fully saturated rings. The first-order chi connectivity index (χ1) is 28.4. The van der Waals surface area contributed by atoms with E-state index in [1.165, 1.54) is 31.9 Å². The first kappa shape index (κ1) is 38.9. The van der Waals surface area contributed by atoms with E-state index in [0.29, 0.717) is 25.9 Å². The Hall–Kier alpha value is -5.96. The zero-order valence-electron chi connectivity index (χ0n) is 32.2. The van der Waals surface area contributed by atoms with Crippen molar-refractivity contribution in [1.82, 2.24) is 0 Å². The largest absolute Gasteiger partial charge is 0.481 e. The van der Waals surface area contributed by atoms with Crippen molar-refractivity contribution in [2.45, 2.75) is 56.4 Å². The molecular formula is C50H45N2O4S2+. The van der Waals surface area contributed by atoms with E-state index >= 15 is 0 Å². The molecule has 6 aromatic rings. The highest BCUT2D eigenvalue weighted by atomic mass is 32.2. The van der Waals surface area contributed by atoms with Gasteiger partial charge < -0.3 is 15.1 Å². The summed E-state index contributed by atoms with van der Waals surface area (Å²) in [6.45, 7) is 1.23. The van der Waals surface area contributed by atoms with Crippen LogP contribution in [0.15, 0.2) is 167 Å². The summed E-state index contributed by atoms with van der Waals surface area (Å²) in [6, 6.07) is 44.5. The summed E-state index contributed by atoms with van der Waals surface area (Å²) in [5, 5.41) is 21.1. The molecule has 0 saturated carbocycles. The number of aliphatic carboxylic acids is 2. The number of anilines is 1. The van der Waals surface area contributed by atoms with E-state index in [-0.39, 0.29) is 12.8 Å². The van der Waals surface area contributed by atoms with Gasteiger partial charge in [-0.05, 0) is 94.5 Å². The third-order valence-electron chi connectivity index (χ3n) is 10.7. The monoisotopic (exact) mass is 801 g/mol. The van der Waals surface area contributed by atoms with Gasteiger partial charge in [-0.2, -0.15) is 4.57 Å². The van der Waals surface area contributed by atoms with Gasteiger partial charge in [0.05, 0.1) is 17.1 Å². The maximum absolute atomic E-state index is 11.5. The number of aryl methyl sites for hydroxylation is 1. The molecule has 58 heavy (non-hydrogen) atoms. The lowest BCUT2D eigenvalue weighted by atomic mass is 9.83. The molecule has 5 aromatic carbocycles. The van der Waals surface area contributed by atoms with Crippen LogP contribution >= 0.6 is 23.1 Å². The van der Waals surface area contributed by atoms with Crippen LogP contribution in [0.1, 0.15) is 55.5 Å². The molecule has 0 atom stereocenters. The second-order valence-corrected chi connectivity index (χ2v) is 16.7. The van der Waals surface area contributed by atoms with Gasteiger partial charge in [-0.15, -0.1) is 0 Å². The molecule has 8 heteroatoms. The van der Waals surface area contributed by atoms with E-state index in [4.69, 9.17) is 0 Å². The molecule has 290 valence electrons. The summed E-state index contributed by atoms with van der Waals surface area (Å²) in [4.78, 5) is 26.5. The highest BCUT2D eigenvalue weighted by Gasteiger charge is 2.26. The van der Waals surface area contributed by atoms with Gasteiger partial charge in [0.2, 0.25) is 5.52 Å². The average molecular weight is 802 g/mol. The van der Waals surface area contributed by atoms with Crippen LogP contribution in [0, 0.1) is 0 Å². The Morgan fingerprint density at radius 1 is 0.672 bits per heavy atom. The summed E-state index contributed by atoms with van der Waals surface area (Å²) in [5.41, 5.74) is 11.8. The highest BCUT2D eigenvalue weighted by Crippen LogP contribution is 2.48. The molecule has 0 radical (unpaired) electrons. The summed E-state index contributed by atoms with van der Waals surface area (Å²) in [6.07, 6.45) is 13.3. The van der Waals surface area contributed by atoms with Gasteiger partial charge in [0.25, 0.3) is 5.01 Å². The topological polar surface area (TPSA) is 81.7 Å². The quantitative estimate of drug-likeness (QED) is 0.107. The molecule has 2 heterocycles. The van der Waals surface area contributed by atoms with Gasteiger partial charge in [-0.3, -0.25) is 9.59 Å². The van der Waals surface area contributed by atoms with E-state index < -0.39 is 11.9 Å². The molecule has 2 aliphatic rings. The first-order valence-electron chi connectivity index (χ1n) is 19.9. The Labute approximate surface area is 347 Å². The summed E-state index contributed by atoms with van der Waals surface area (Å²) < 4.78 is 3.46. The Morgan fingerprint density at radius 2 is 1.31 bits per heavy atom. The fraction of sp³-hybridized carbons (Fsp3) is 0.180. The third-order valence-corrected chi connectivity index (χ3v) is 12.9. The lowest BCUT2D eigenvalue weighted by Gasteiger charge is -2.23. The van der Waals surface area contributed by atoms with Crippen LogP contribution in [-0.2, 0) is 16.1 Å². The third kappa shape index (κ3) is 8.94. The number of thiazole rings is 1. The molecule has 0 saturated heterocycles. The maximum Gasteiger partial charge on any atom is 0.303 e. The van der Waals surface area contributed by atoms with Crippen LogP contribution in [0.5, 0.6) is 0 Å². The molecular weight excluding hydrogens is 757 g/mol. The minimum atomic E-state index is -0.781. The van der Waals surface area contributed by atoms with E-state index in [2.05, 4.69) is 149 Å². The zero-order valence-corrected chi connectivity index (χ0v) is 33.9. The van der Waals surface area contributed by atoms with Gasteiger partial charge in [-0.1, -0.05) is 138 Å². The number of benzene rings is 5. The standard InChI is InChI=1S/C50H44N2O4S2/c53-48(54)21-11-31-51-42-33-40(35-13-4-1-5-14-35)23-27-44(42)57-46(51)29-25-38-19-10-20-39(50(38)37-17-8-3-9-18-37)26-30-47-52(32-12-22-49(55)56)43-34-41(24-28-45(43)58-47)36-15-6-2-7-16-36/h1-9,13-18,23-30,33-34H,10-12,19-22,31-32H2,(H-,53,54,55,56)/p+1. The number of rotatable bonds is 14. The Balaban J connectivity index is 1.16. The predicted molar refractivity (Wildman–Crippen MR) is 239 cm³/mol. The van der Waals surface area contributed by atoms with E-state index in [1.54, 1.807) is 23.1 Å². The van der Waals surface area contributed by atoms with Crippen molar-refractivity contribution in [1.29, 1.82) is 0 Å². The number of carbonyl (C=O) groups is 2. The molecule has 1 aliphatic heterocycles. The van der Waals surface area contributed by atoms with Crippen LogP contribution < -0.4 is 9.47 Å². The summed E-state index contributed by atoms with van der Waals surface area (Å²) in [5.74, 6) is -1.56. The number of hydrogen-bond acceptors (Lipinski definition) is 5. The fourth-order valence-electron chi connectivity index (χ4n) is 7.89. The van der Waals surface area contributed by atoms with Gasteiger partial charge >= 0.3 is 11.9 Å². The molecule has 0 bridgehead atoms. The highest BCUT2D eigenvalue weighted by molar-refractivity contribution is 8.03. The predicted octanol–water partition coefficient (Wildman–Crippen LogP) is 12.3. The van der Waals surface area contributed by atoms with Crippen molar-refractivity contribution in [3.05, 3.63) is 172 Å². The van der Waals surface area contributed by atoms with Gasteiger partial charge in [-0.25, -0.2) is 0 Å². The maximum atomic E-state index is 11.5.